The fourth-order valence-corrected chi connectivity index (χ4v) is 6.80. The molecule has 42 heavy (non-hydrogen) atoms. The molecule has 0 N–H and O–H groups in total. The Bertz CT molecular complexity index is 2340. The Morgan fingerprint density at radius 2 is 1.45 bits per heavy atom. The van der Waals surface area contributed by atoms with Gasteiger partial charge in [-0.3, -0.25) is 4.98 Å². The smallest absolute Gasteiger partial charge is 0.140 e. The number of aromatic nitrogens is 4. The molecular weight excluding hydrogens is 512 g/mol. The summed E-state index contributed by atoms with van der Waals surface area (Å²) in [5.41, 5.74) is 14.2. The third-order valence-corrected chi connectivity index (χ3v) is 8.79. The predicted octanol–water partition coefficient (Wildman–Crippen LogP) is 8.97. The van der Waals surface area contributed by atoms with Crippen LogP contribution >= 0.6 is 0 Å². The van der Waals surface area contributed by atoms with Crippen molar-refractivity contribution in [3.8, 4) is 39.5 Å². The van der Waals surface area contributed by atoms with E-state index in [0.29, 0.717) is 0 Å². The van der Waals surface area contributed by atoms with Crippen molar-refractivity contribution in [3.63, 3.8) is 0 Å². The van der Waals surface area contributed by atoms with E-state index in [2.05, 4.69) is 130 Å². The van der Waals surface area contributed by atoms with Gasteiger partial charge in [-0.25, -0.2) is 4.98 Å². The maximum absolute atomic E-state index is 5.20. The molecule has 0 bridgehead atoms. The molecular formula is C38H26N4. The average Bonchev–Trinajstić information content (AvgIpc) is 3.69. The monoisotopic (exact) mass is 538 g/mol. The lowest BCUT2D eigenvalue weighted by Crippen LogP contribution is -1.96. The Balaban J connectivity index is 1.24. The van der Waals surface area contributed by atoms with Crippen LogP contribution in [-0.2, 0) is 13.5 Å². The number of aryl methyl sites for hydroxylation is 1. The first-order chi connectivity index (χ1) is 20.7. The summed E-state index contributed by atoms with van der Waals surface area (Å²) in [7, 11) is 2.13. The number of hydrogen-bond donors (Lipinski definition) is 0. The van der Waals surface area contributed by atoms with Crippen LogP contribution in [0.2, 0.25) is 0 Å². The van der Waals surface area contributed by atoms with Crippen molar-refractivity contribution < 1.29 is 0 Å². The number of benzene rings is 5. The lowest BCUT2D eigenvalue weighted by Gasteiger charge is -2.11. The van der Waals surface area contributed by atoms with E-state index in [4.69, 9.17) is 4.98 Å². The number of fused-ring (bicyclic) bond motifs is 7. The maximum Gasteiger partial charge on any atom is 0.140 e. The van der Waals surface area contributed by atoms with E-state index in [0.717, 1.165) is 45.8 Å². The summed E-state index contributed by atoms with van der Waals surface area (Å²) in [6, 6.07) is 43.4. The maximum atomic E-state index is 5.20. The van der Waals surface area contributed by atoms with Crippen molar-refractivity contribution in [2.75, 3.05) is 0 Å². The molecule has 1 aliphatic carbocycles. The second-order valence-electron chi connectivity index (χ2n) is 11.2. The molecule has 5 aromatic carbocycles. The van der Waals surface area contributed by atoms with Crippen molar-refractivity contribution in [1.29, 1.82) is 0 Å². The fourth-order valence-electron chi connectivity index (χ4n) is 6.80. The summed E-state index contributed by atoms with van der Waals surface area (Å²) in [5.74, 6) is 0.975. The third kappa shape index (κ3) is 3.36. The number of pyridine rings is 1. The van der Waals surface area contributed by atoms with Gasteiger partial charge in [-0.1, -0.05) is 72.8 Å². The highest BCUT2D eigenvalue weighted by molar-refractivity contribution is 6.10. The van der Waals surface area contributed by atoms with Gasteiger partial charge < -0.3 is 9.13 Å². The quantitative estimate of drug-likeness (QED) is 0.225. The van der Waals surface area contributed by atoms with Gasteiger partial charge in [-0.15, -0.1) is 0 Å². The Morgan fingerprint density at radius 3 is 2.38 bits per heavy atom. The van der Waals surface area contributed by atoms with Crippen LogP contribution in [0.1, 0.15) is 11.1 Å². The summed E-state index contributed by atoms with van der Waals surface area (Å²) in [4.78, 5) is 9.79. The second kappa shape index (κ2) is 8.76. The highest BCUT2D eigenvalue weighted by Gasteiger charge is 2.22. The number of nitrogens with zero attached hydrogens (tertiary/aromatic N) is 4. The Labute approximate surface area is 243 Å². The molecule has 0 saturated carbocycles. The minimum absolute atomic E-state index is 0.968. The van der Waals surface area contributed by atoms with Gasteiger partial charge in [0, 0.05) is 40.8 Å². The van der Waals surface area contributed by atoms with Crippen molar-refractivity contribution in [2.24, 2.45) is 7.05 Å². The van der Waals surface area contributed by atoms with Crippen LogP contribution in [0.25, 0.3) is 72.3 Å². The molecule has 0 aliphatic heterocycles. The predicted molar refractivity (Wildman–Crippen MR) is 172 cm³/mol. The number of para-hydroxylation sites is 1. The van der Waals surface area contributed by atoms with E-state index in [-0.39, 0.29) is 0 Å². The normalized spacial score (nSPS) is 12.3. The van der Waals surface area contributed by atoms with Crippen LogP contribution in [0, 0.1) is 0 Å². The first-order valence-corrected chi connectivity index (χ1v) is 14.4. The van der Waals surface area contributed by atoms with Crippen molar-refractivity contribution in [3.05, 3.63) is 139 Å². The Hall–Kier alpha value is -5.48. The van der Waals surface area contributed by atoms with E-state index < -0.39 is 0 Å². The van der Waals surface area contributed by atoms with Gasteiger partial charge in [0.2, 0.25) is 0 Å². The lowest BCUT2D eigenvalue weighted by molar-refractivity contribution is 0.958. The van der Waals surface area contributed by atoms with Crippen LogP contribution in [0.5, 0.6) is 0 Å². The number of imidazole rings is 1. The van der Waals surface area contributed by atoms with Gasteiger partial charge in [-0.05, 0) is 77.2 Å². The molecule has 0 saturated heterocycles. The van der Waals surface area contributed by atoms with Crippen LogP contribution in [0.15, 0.2) is 128 Å². The first-order valence-electron chi connectivity index (χ1n) is 14.4. The summed E-state index contributed by atoms with van der Waals surface area (Å²) in [5, 5.41) is 2.47. The molecule has 4 heteroatoms. The van der Waals surface area contributed by atoms with Gasteiger partial charge in [0.15, 0.2) is 0 Å². The summed E-state index contributed by atoms with van der Waals surface area (Å²) in [6.07, 6.45) is 2.82. The zero-order chi connectivity index (χ0) is 27.8. The molecule has 3 aromatic heterocycles. The second-order valence-corrected chi connectivity index (χ2v) is 11.2. The van der Waals surface area contributed by atoms with E-state index in [1.165, 1.54) is 44.1 Å². The zero-order valence-corrected chi connectivity index (χ0v) is 23.1. The molecule has 3 heterocycles. The van der Waals surface area contributed by atoms with Gasteiger partial charge in [0.1, 0.15) is 5.82 Å². The molecule has 198 valence electrons. The van der Waals surface area contributed by atoms with Gasteiger partial charge in [0.25, 0.3) is 0 Å². The van der Waals surface area contributed by atoms with Gasteiger partial charge in [0.05, 0.1) is 27.8 Å². The van der Waals surface area contributed by atoms with Gasteiger partial charge in [-0.2, -0.15) is 0 Å². The van der Waals surface area contributed by atoms with E-state index >= 15 is 0 Å². The molecule has 9 rings (SSSR count). The van der Waals surface area contributed by atoms with Crippen LogP contribution in [0.4, 0.5) is 0 Å². The Kier molecular flexibility index (Phi) is 4.85. The minimum atomic E-state index is 0.968. The zero-order valence-electron chi connectivity index (χ0n) is 23.1. The molecule has 1 aliphatic rings. The number of hydrogen-bond acceptors (Lipinski definition) is 2. The number of rotatable bonds is 3. The molecule has 0 unspecified atom stereocenters. The molecule has 0 amide bonds. The van der Waals surface area contributed by atoms with Crippen molar-refractivity contribution in [2.45, 2.75) is 6.42 Å². The molecule has 0 radical (unpaired) electrons. The van der Waals surface area contributed by atoms with E-state index in [1.54, 1.807) is 0 Å². The summed E-state index contributed by atoms with van der Waals surface area (Å²) >= 11 is 0. The molecule has 0 atom stereocenters. The standard InChI is InChI=1S/C38H26N4/c1-41-37-22-27-19-24-9-2-3-12-29(24)32(27)23-34(37)40-38(41)26-16-17-31-30-13-4-5-15-35(30)42(36(31)21-26)28-11-8-10-25(20-28)33-14-6-7-18-39-33/h2-18,20-23H,19H2,1H3. The van der Waals surface area contributed by atoms with Crippen molar-refractivity contribution >= 4 is 32.8 Å². The topological polar surface area (TPSA) is 35.6 Å². The van der Waals surface area contributed by atoms with Gasteiger partial charge >= 0.3 is 0 Å². The van der Waals surface area contributed by atoms with Crippen LogP contribution in [0.3, 0.4) is 0 Å². The molecule has 0 spiro atoms. The van der Waals surface area contributed by atoms with E-state index in [9.17, 15) is 0 Å². The first kappa shape index (κ1) is 23.2. The summed E-state index contributed by atoms with van der Waals surface area (Å²) < 4.78 is 4.61. The van der Waals surface area contributed by atoms with Crippen LogP contribution in [-0.4, -0.2) is 19.1 Å². The minimum Gasteiger partial charge on any atom is -0.327 e. The largest absolute Gasteiger partial charge is 0.327 e. The third-order valence-electron chi connectivity index (χ3n) is 8.79. The van der Waals surface area contributed by atoms with E-state index in [1.807, 2.05) is 18.3 Å². The lowest BCUT2D eigenvalue weighted by atomic mass is 10.1. The molecule has 8 aromatic rings. The highest BCUT2D eigenvalue weighted by atomic mass is 15.1. The highest BCUT2D eigenvalue weighted by Crippen LogP contribution is 2.40. The van der Waals surface area contributed by atoms with Crippen LogP contribution < -0.4 is 0 Å². The van der Waals surface area contributed by atoms with Crippen molar-refractivity contribution in [1.82, 2.24) is 19.1 Å². The SMILES string of the molecule is Cn1c(-c2ccc3c4ccccc4n(-c4cccc(-c5ccccn5)c4)c3c2)nc2cc3c(cc21)Cc1ccccc1-3. The Morgan fingerprint density at radius 1 is 0.595 bits per heavy atom. The fraction of sp³-hybridized carbons (Fsp3) is 0.0526. The molecule has 0 fully saturated rings. The summed E-state index contributed by atoms with van der Waals surface area (Å²) in [6.45, 7) is 0. The molecule has 4 nitrogen and oxygen atoms in total. The average molecular weight is 539 g/mol.